The predicted molar refractivity (Wildman–Crippen MR) is 55.1 cm³/mol. The van der Waals surface area contributed by atoms with Crippen LogP contribution in [0.15, 0.2) is 24.5 Å². The van der Waals surface area contributed by atoms with Crippen molar-refractivity contribution in [3.8, 4) is 0 Å². The van der Waals surface area contributed by atoms with E-state index in [1.54, 1.807) is 24.5 Å². The van der Waals surface area contributed by atoms with E-state index < -0.39 is 0 Å². The summed E-state index contributed by atoms with van der Waals surface area (Å²) in [6.45, 7) is 2.25. The molecule has 2 heteroatoms. The molecule has 1 fully saturated rings. The van der Waals surface area contributed by atoms with Crippen molar-refractivity contribution in [2.75, 3.05) is 0 Å². The molecule has 0 spiro atoms. The maximum Gasteiger partial charge on any atom is 0.162 e. The normalized spacial score (nSPS) is 24.6. The topological polar surface area (TPSA) is 30.0 Å². The second-order valence-electron chi connectivity index (χ2n) is 4.17. The molecule has 0 aliphatic heterocycles. The molecular weight excluding hydrogens is 174 g/mol. The van der Waals surface area contributed by atoms with E-state index in [-0.39, 0.29) is 5.78 Å². The first-order valence-electron chi connectivity index (χ1n) is 5.20. The van der Waals surface area contributed by atoms with Crippen LogP contribution in [0.2, 0.25) is 0 Å². The molecule has 0 radical (unpaired) electrons. The van der Waals surface area contributed by atoms with Crippen molar-refractivity contribution < 1.29 is 4.79 Å². The quantitative estimate of drug-likeness (QED) is 0.681. The Morgan fingerprint density at radius 2 is 2.14 bits per heavy atom. The summed E-state index contributed by atoms with van der Waals surface area (Å²) >= 11 is 0. The first-order chi connectivity index (χ1) is 6.77. The fraction of sp³-hybridized carbons (Fsp3) is 0.500. The van der Waals surface area contributed by atoms with Crippen LogP contribution in [0, 0.1) is 11.8 Å². The van der Waals surface area contributed by atoms with Gasteiger partial charge in [-0.3, -0.25) is 9.78 Å². The van der Waals surface area contributed by atoms with Gasteiger partial charge in [-0.1, -0.05) is 6.92 Å². The second-order valence-corrected chi connectivity index (χ2v) is 4.17. The van der Waals surface area contributed by atoms with Crippen molar-refractivity contribution in [3.05, 3.63) is 30.1 Å². The Morgan fingerprint density at radius 1 is 1.50 bits per heavy atom. The van der Waals surface area contributed by atoms with Crippen LogP contribution in [0.1, 0.15) is 36.5 Å². The standard InChI is InChI=1S/C12H15NO/c1-9-8-11(9)2-3-12(14)10-4-6-13-7-5-10/h4-7,9,11H,2-3,8H2,1H3. The highest BCUT2D eigenvalue weighted by Crippen LogP contribution is 2.41. The number of nitrogens with zero attached hydrogens (tertiary/aromatic N) is 1. The van der Waals surface area contributed by atoms with Crippen molar-refractivity contribution in [1.29, 1.82) is 0 Å². The first kappa shape index (κ1) is 9.38. The first-order valence-corrected chi connectivity index (χ1v) is 5.20. The Morgan fingerprint density at radius 3 is 2.71 bits per heavy atom. The van der Waals surface area contributed by atoms with E-state index in [0.717, 1.165) is 23.8 Å². The molecule has 2 atom stereocenters. The lowest BCUT2D eigenvalue weighted by atomic mass is 10.1. The van der Waals surface area contributed by atoms with E-state index in [0.29, 0.717) is 6.42 Å². The zero-order valence-electron chi connectivity index (χ0n) is 8.44. The minimum Gasteiger partial charge on any atom is -0.294 e. The molecule has 1 aromatic heterocycles. The molecule has 0 amide bonds. The third-order valence-corrected chi connectivity index (χ3v) is 3.02. The van der Waals surface area contributed by atoms with Gasteiger partial charge in [0, 0.05) is 24.4 Å². The summed E-state index contributed by atoms with van der Waals surface area (Å²) in [7, 11) is 0. The molecule has 0 saturated heterocycles. The lowest BCUT2D eigenvalue weighted by Gasteiger charge is -1.99. The Hall–Kier alpha value is -1.18. The highest BCUT2D eigenvalue weighted by Gasteiger charge is 2.32. The molecule has 0 N–H and O–H groups in total. The molecule has 2 unspecified atom stereocenters. The monoisotopic (exact) mass is 189 g/mol. The Balaban J connectivity index is 1.84. The van der Waals surface area contributed by atoms with E-state index in [2.05, 4.69) is 11.9 Å². The van der Waals surface area contributed by atoms with Gasteiger partial charge in [0.15, 0.2) is 5.78 Å². The van der Waals surface area contributed by atoms with E-state index in [9.17, 15) is 4.79 Å². The molecule has 0 aromatic carbocycles. The van der Waals surface area contributed by atoms with Crippen molar-refractivity contribution >= 4 is 5.78 Å². The minimum absolute atomic E-state index is 0.256. The van der Waals surface area contributed by atoms with Crippen LogP contribution in [0.4, 0.5) is 0 Å². The van der Waals surface area contributed by atoms with Crippen LogP contribution >= 0.6 is 0 Å². The largest absolute Gasteiger partial charge is 0.294 e. The molecule has 2 nitrogen and oxygen atoms in total. The summed E-state index contributed by atoms with van der Waals surface area (Å²) in [5.41, 5.74) is 0.799. The van der Waals surface area contributed by atoms with Gasteiger partial charge >= 0.3 is 0 Å². The maximum absolute atomic E-state index is 11.7. The zero-order chi connectivity index (χ0) is 9.97. The fourth-order valence-corrected chi connectivity index (χ4v) is 1.80. The van der Waals surface area contributed by atoms with Crippen molar-refractivity contribution in [2.24, 2.45) is 11.8 Å². The zero-order valence-corrected chi connectivity index (χ0v) is 8.44. The van der Waals surface area contributed by atoms with Crippen LogP contribution in [0.25, 0.3) is 0 Å². The molecule has 2 rings (SSSR count). The molecule has 1 aliphatic carbocycles. The maximum atomic E-state index is 11.7. The molecule has 1 saturated carbocycles. The number of carbonyl (C=O) groups is 1. The smallest absolute Gasteiger partial charge is 0.162 e. The van der Waals surface area contributed by atoms with Gasteiger partial charge in [-0.05, 0) is 36.8 Å². The number of hydrogen-bond acceptors (Lipinski definition) is 2. The van der Waals surface area contributed by atoms with E-state index >= 15 is 0 Å². The van der Waals surface area contributed by atoms with Crippen molar-refractivity contribution in [1.82, 2.24) is 4.98 Å². The predicted octanol–water partition coefficient (Wildman–Crippen LogP) is 2.70. The van der Waals surface area contributed by atoms with Gasteiger partial charge < -0.3 is 0 Å². The van der Waals surface area contributed by atoms with Gasteiger partial charge in [0.2, 0.25) is 0 Å². The summed E-state index contributed by atoms with van der Waals surface area (Å²) in [6.07, 6.45) is 6.41. The number of carbonyl (C=O) groups excluding carboxylic acids is 1. The van der Waals surface area contributed by atoms with Gasteiger partial charge in [-0.15, -0.1) is 0 Å². The van der Waals surface area contributed by atoms with Gasteiger partial charge in [0.1, 0.15) is 0 Å². The minimum atomic E-state index is 0.256. The average Bonchev–Trinajstić information content (AvgIpc) is 2.92. The molecule has 0 bridgehead atoms. The van der Waals surface area contributed by atoms with E-state index in [1.165, 1.54) is 6.42 Å². The molecule has 1 aromatic rings. The summed E-state index contributed by atoms with van der Waals surface area (Å²) in [5, 5.41) is 0. The van der Waals surface area contributed by atoms with Gasteiger partial charge in [0.05, 0.1) is 0 Å². The Kier molecular flexibility index (Phi) is 2.62. The fourth-order valence-electron chi connectivity index (χ4n) is 1.80. The van der Waals surface area contributed by atoms with Crippen LogP contribution in [0.5, 0.6) is 0 Å². The Labute approximate surface area is 84.4 Å². The highest BCUT2D eigenvalue weighted by atomic mass is 16.1. The van der Waals surface area contributed by atoms with Crippen molar-refractivity contribution in [2.45, 2.75) is 26.2 Å². The SMILES string of the molecule is CC1CC1CCC(=O)c1ccncc1. The lowest BCUT2D eigenvalue weighted by Crippen LogP contribution is -1.99. The summed E-state index contributed by atoms with van der Waals surface area (Å²) < 4.78 is 0. The van der Waals surface area contributed by atoms with Crippen LogP contribution in [-0.4, -0.2) is 10.8 Å². The van der Waals surface area contributed by atoms with Crippen LogP contribution in [0.3, 0.4) is 0 Å². The number of aromatic nitrogens is 1. The van der Waals surface area contributed by atoms with Crippen molar-refractivity contribution in [3.63, 3.8) is 0 Å². The summed E-state index contributed by atoms with van der Waals surface area (Å²) in [4.78, 5) is 15.6. The number of Topliss-reactive ketones (excluding diaryl/α,β-unsaturated/α-hetero) is 1. The number of pyridine rings is 1. The molecular formula is C12H15NO. The second kappa shape index (κ2) is 3.91. The van der Waals surface area contributed by atoms with E-state index in [1.807, 2.05) is 0 Å². The van der Waals surface area contributed by atoms with Crippen LogP contribution in [-0.2, 0) is 0 Å². The summed E-state index contributed by atoms with van der Waals surface area (Å²) in [6, 6.07) is 3.58. The molecule has 14 heavy (non-hydrogen) atoms. The van der Waals surface area contributed by atoms with E-state index in [4.69, 9.17) is 0 Å². The molecule has 1 heterocycles. The lowest BCUT2D eigenvalue weighted by molar-refractivity contribution is 0.0977. The average molecular weight is 189 g/mol. The van der Waals surface area contributed by atoms with Gasteiger partial charge in [-0.2, -0.15) is 0 Å². The molecule has 74 valence electrons. The number of hydrogen-bond donors (Lipinski definition) is 0. The van der Waals surface area contributed by atoms with Gasteiger partial charge in [-0.25, -0.2) is 0 Å². The summed E-state index contributed by atoms with van der Waals surface area (Å²) in [5.74, 6) is 1.91. The van der Waals surface area contributed by atoms with Crippen LogP contribution < -0.4 is 0 Å². The highest BCUT2D eigenvalue weighted by molar-refractivity contribution is 5.95. The number of rotatable bonds is 4. The van der Waals surface area contributed by atoms with Gasteiger partial charge in [0.25, 0.3) is 0 Å². The Bertz CT molecular complexity index is 320. The number of ketones is 1. The third-order valence-electron chi connectivity index (χ3n) is 3.02. The third kappa shape index (κ3) is 2.19. The molecule has 1 aliphatic rings.